The molecule has 1 heterocycles. The summed E-state index contributed by atoms with van der Waals surface area (Å²) in [5.41, 5.74) is 0. The molecule has 0 N–H and O–H groups in total. The third-order valence-electron chi connectivity index (χ3n) is 4.00. The molecule has 2 heteroatoms. The Labute approximate surface area is 107 Å². The molecule has 100 valence electrons. The molecular formula is C15H29NO. The number of carbonyl (C=O) groups excluding carboxylic acids is 1. The quantitative estimate of drug-likeness (QED) is 0.716. The molecule has 17 heavy (non-hydrogen) atoms. The Balaban J connectivity index is 2.37. The third kappa shape index (κ3) is 5.10. The highest BCUT2D eigenvalue weighted by Crippen LogP contribution is 2.25. The summed E-state index contributed by atoms with van der Waals surface area (Å²) in [5.74, 6) is 2.60. The van der Waals surface area contributed by atoms with Crippen molar-refractivity contribution in [2.24, 2.45) is 17.8 Å². The second-order valence-electron chi connectivity index (χ2n) is 6.25. The molecule has 0 spiro atoms. The Kier molecular flexibility index (Phi) is 6.01. The van der Waals surface area contributed by atoms with Crippen molar-refractivity contribution in [2.75, 3.05) is 13.1 Å². The van der Waals surface area contributed by atoms with Gasteiger partial charge in [0.15, 0.2) is 0 Å². The topological polar surface area (TPSA) is 20.3 Å². The van der Waals surface area contributed by atoms with Crippen LogP contribution in [0.1, 0.15) is 59.8 Å². The monoisotopic (exact) mass is 239 g/mol. The molecule has 0 aromatic heterocycles. The number of rotatable bonds is 5. The SMILES string of the molecule is CC(C)CCCN1CCC(C(C)C)CCC1=O. The molecular weight excluding hydrogens is 210 g/mol. The predicted octanol–water partition coefficient (Wildman–Crippen LogP) is 3.71. The maximum atomic E-state index is 12.0. The molecule has 0 saturated carbocycles. The fraction of sp³-hybridized carbons (Fsp3) is 0.933. The standard InChI is InChI=1S/C15H29NO/c1-12(2)6-5-10-16-11-9-14(13(3)4)7-8-15(16)17/h12-14H,5-11H2,1-4H3. The van der Waals surface area contributed by atoms with Crippen molar-refractivity contribution in [3.8, 4) is 0 Å². The summed E-state index contributed by atoms with van der Waals surface area (Å²) in [6.45, 7) is 11.0. The van der Waals surface area contributed by atoms with Gasteiger partial charge in [-0.1, -0.05) is 27.7 Å². The van der Waals surface area contributed by atoms with E-state index in [0.717, 1.165) is 50.1 Å². The van der Waals surface area contributed by atoms with Crippen LogP contribution in [0.15, 0.2) is 0 Å². The molecule has 1 saturated heterocycles. The first-order chi connectivity index (χ1) is 8.00. The molecule has 2 nitrogen and oxygen atoms in total. The average Bonchev–Trinajstić information content (AvgIpc) is 2.41. The Hall–Kier alpha value is -0.530. The normalized spacial score (nSPS) is 22.4. The highest BCUT2D eigenvalue weighted by Gasteiger charge is 2.23. The van der Waals surface area contributed by atoms with Crippen LogP contribution >= 0.6 is 0 Å². The van der Waals surface area contributed by atoms with Crippen molar-refractivity contribution in [3.63, 3.8) is 0 Å². The number of carbonyl (C=O) groups is 1. The van der Waals surface area contributed by atoms with E-state index < -0.39 is 0 Å². The van der Waals surface area contributed by atoms with Gasteiger partial charge in [-0.05, 0) is 43.4 Å². The van der Waals surface area contributed by atoms with Gasteiger partial charge in [-0.3, -0.25) is 4.79 Å². The van der Waals surface area contributed by atoms with Crippen molar-refractivity contribution >= 4 is 5.91 Å². The van der Waals surface area contributed by atoms with Gasteiger partial charge in [0.1, 0.15) is 0 Å². The minimum Gasteiger partial charge on any atom is -0.343 e. The van der Waals surface area contributed by atoms with Crippen LogP contribution in [0, 0.1) is 17.8 Å². The summed E-state index contributed by atoms with van der Waals surface area (Å²) in [6, 6.07) is 0. The molecule has 0 bridgehead atoms. The first-order valence-corrected chi connectivity index (χ1v) is 7.28. The number of hydrogen-bond donors (Lipinski definition) is 0. The predicted molar refractivity (Wildman–Crippen MR) is 72.8 cm³/mol. The molecule has 0 aromatic rings. The lowest BCUT2D eigenvalue weighted by Crippen LogP contribution is -2.31. The Morgan fingerprint density at radius 1 is 1.24 bits per heavy atom. The summed E-state index contributed by atoms with van der Waals surface area (Å²) in [5, 5.41) is 0. The first kappa shape index (κ1) is 14.5. The van der Waals surface area contributed by atoms with E-state index in [-0.39, 0.29) is 0 Å². The Morgan fingerprint density at radius 3 is 2.53 bits per heavy atom. The Bertz CT molecular complexity index is 235. The molecule has 1 amide bonds. The van der Waals surface area contributed by atoms with Gasteiger partial charge >= 0.3 is 0 Å². The number of amides is 1. The van der Waals surface area contributed by atoms with E-state index in [1.54, 1.807) is 0 Å². The number of likely N-dealkylation sites (tertiary alicyclic amines) is 1. The van der Waals surface area contributed by atoms with Crippen molar-refractivity contribution in [3.05, 3.63) is 0 Å². The van der Waals surface area contributed by atoms with Crippen LogP contribution in [0.4, 0.5) is 0 Å². The van der Waals surface area contributed by atoms with Gasteiger partial charge in [-0.2, -0.15) is 0 Å². The highest BCUT2D eigenvalue weighted by molar-refractivity contribution is 5.76. The molecule has 1 fully saturated rings. The molecule has 1 atom stereocenters. The zero-order valence-corrected chi connectivity index (χ0v) is 12.0. The number of nitrogens with zero attached hydrogens (tertiary/aromatic N) is 1. The van der Waals surface area contributed by atoms with Crippen LogP contribution in [0.2, 0.25) is 0 Å². The molecule has 0 radical (unpaired) electrons. The van der Waals surface area contributed by atoms with Gasteiger partial charge in [-0.25, -0.2) is 0 Å². The van der Waals surface area contributed by atoms with E-state index in [1.807, 2.05) is 0 Å². The summed E-state index contributed by atoms with van der Waals surface area (Å²) >= 11 is 0. The van der Waals surface area contributed by atoms with Crippen LogP contribution < -0.4 is 0 Å². The second kappa shape index (κ2) is 7.03. The van der Waals surface area contributed by atoms with Crippen molar-refractivity contribution in [2.45, 2.75) is 59.8 Å². The zero-order chi connectivity index (χ0) is 12.8. The van der Waals surface area contributed by atoms with Crippen molar-refractivity contribution in [1.82, 2.24) is 4.90 Å². The maximum absolute atomic E-state index is 12.0. The fourth-order valence-corrected chi connectivity index (χ4v) is 2.65. The molecule has 1 aliphatic heterocycles. The zero-order valence-electron chi connectivity index (χ0n) is 12.0. The first-order valence-electron chi connectivity index (χ1n) is 7.28. The van der Waals surface area contributed by atoms with E-state index in [2.05, 4.69) is 32.6 Å². The van der Waals surface area contributed by atoms with Crippen molar-refractivity contribution in [1.29, 1.82) is 0 Å². The van der Waals surface area contributed by atoms with E-state index in [0.29, 0.717) is 5.91 Å². The number of hydrogen-bond acceptors (Lipinski definition) is 1. The lowest BCUT2D eigenvalue weighted by atomic mass is 9.89. The van der Waals surface area contributed by atoms with Crippen LogP contribution in [-0.4, -0.2) is 23.9 Å². The van der Waals surface area contributed by atoms with Gasteiger partial charge in [0.2, 0.25) is 5.91 Å². The average molecular weight is 239 g/mol. The van der Waals surface area contributed by atoms with E-state index >= 15 is 0 Å². The van der Waals surface area contributed by atoms with E-state index in [1.165, 1.54) is 12.8 Å². The van der Waals surface area contributed by atoms with Crippen LogP contribution in [0.5, 0.6) is 0 Å². The molecule has 1 rings (SSSR count). The van der Waals surface area contributed by atoms with Crippen LogP contribution in [0.25, 0.3) is 0 Å². The lowest BCUT2D eigenvalue weighted by Gasteiger charge is -2.22. The smallest absolute Gasteiger partial charge is 0.222 e. The van der Waals surface area contributed by atoms with Crippen LogP contribution in [-0.2, 0) is 4.79 Å². The van der Waals surface area contributed by atoms with Gasteiger partial charge < -0.3 is 4.90 Å². The van der Waals surface area contributed by atoms with Gasteiger partial charge in [0, 0.05) is 19.5 Å². The van der Waals surface area contributed by atoms with E-state index in [9.17, 15) is 4.79 Å². The molecule has 0 aromatic carbocycles. The largest absolute Gasteiger partial charge is 0.343 e. The molecule has 1 aliphatic rings. The van der Waals surface area contributed by atoms with Crippen molar-refractivity contribution < 1.29 is 4.79 Å². The van der Waals surface area contributed by atoms with Gasteiger partial charge in [0.25, 0.3) is 0 Å². The lowest BCUT2D eigenvalue weighted by molar-refractivity contribution is -0.130. The highest BCUT2D eigenvalue weighted by atomic mass is 16.2. The summed E-state index contributed by atoms with van der Waals surface area (Å²) in [4.78, 5) is 14.1. The maximum Gasteiger partial charge on any atom is 0.222 e. The molecule has 1 unspecified atom stereocenters. The van der Waals surface area contributed by atoms with E-state index in [4.69, 9.17) is 0 Å². The summed E-state index contributed by atoms with van der Waals surface area (Å²) in [7, 11) is 0. The third-order valence-corrected chi connectivity index (χ3v) is 4.00. The van der Waals surface area contributed by atoms with Gasteiger partial charge in [-0.15, -0.1) is 0 Å². The molecule has 0 aliphatic carbocycles. The fourth-order valence-electron chi connectivity index (χ4n) is 2.65. The van der Waals surface area contributed by atoms with Crippen LogP contribution in [0.3, 0.4) is 0 Å². The summed E-state index contributed by atoms with van der Waals surface area (Å²) in [6.07, 6.45) is 5.46. The minimum atomic E-state index is 0.386. The summed E-state index contributed by atoms with van der Waals surface area (Å²) < 4.78 is 0. The minimum absolute atomic E-state index is 0.386. The Morgan fingerprint density at radius 2 is 1.94 bits per heavy atom. The second-order valence-corrected chi connectivity index (χ2v) is 6.25. The van der Waals surface area contributed by atoms with Gasteiger partial charge in [0.05, 0.1) is 0 Å².